The van der Waals surface area contributed by atoms with E-state index in [0.29, 0.717) is 5.69 Å². The van der Waals surface area contributed by atoms with E-state index in [1.165, 1.54) is 12.3 Å². The zero-order valence-electron chi connectivity index (χ0n) is 13.0. The van der Waals surface area contributed by atoms with E-state index in [-0.39, 0.29) is 17.8 Å². The maximum Gasteiger partial charge on any atom is 0.214 e. The number of nitrogens with one attached hydrogen (secondary N) is 1. The van der Waals surface area contributed by atoms with Crippen molar-refractivity contribution in [3.63, 3.8) is 0 Å². The van der Waals surface area contributed by atoms with E-state index in [1.807, 2.05) is 24.3 Å². The largest absolute Gasteiger partial charge is 0.253 e. The smallest absolute Gasteiger partial charge is 0.214 e. The van der Waals surface area contributed by atoms with Crippen molar-refractivity contribution in [1.29, 1.82) is 0 Å². The standard InChI is InChI=1S/C17H19FN2O2S/c1-11(2)23(21,22)20-17-9-15(17)12-3-5-13(6-4-12)16-8-7-14(18)10-19-16/h3-8,10-11,15,17,20H,9H2,1-2H3/t15?,17-/m0/s1. The molecule has 0 amide bonds. The average molecular weight is 334 g/mol. The fourth-order valence-electron chi connectivity index (χ4n) is 2.49. The van der Waals surface area contributed by atoms with Crippen LogP contribution in [-0.4, -0.2) is 24.7 Å². The number of halogens is 1. The third kappa shape index (κ3) is 3.59. The molecule has 0 bridgehead atoms. The molecule has 4 nitrogen and oxygen atoms in total. The zero-order valence-corrected chi connectivity index (χ0v) is 13.8. The van der Waals surface area contributed by atoms with E-state index >= 15 is 0 Å². The van der Waals surface area contributed by atoms with Crippen LogP contribution in [0.4, 0.5) is 4.39 Å². The summed E-state index contributed by atoms with van der Waals surface area (Å²) in [5.41, 5.74) is 2.73. The van der Waals surface area contributed by atoms with Crippen molar-refractivity contribution in [3.8, 4) is 11.3 Å². The Bertz CT molecular complexity index is 786. The van der Waals surface area contributed by atoms with Crippen LogP contribution in [0.1, 0.15) is 31.7 Å². The fourth-order valence-corrected chi connectivity index (χ4v) is 3.44. The van der Waals surface area contributed by atoms with Crippen LogP contribution in [0.2, 0.25) is 0 Å². The summed E-state index contributed by atoms with van der Waals surface area (Å²) in [6.07, 6.45) is 2.01. The quantitative estimate of drug-likeness (QED) is 0.914. The lowest BCUT2D eigenvalue weighted by Crippen LogP contribution is -2.33. The van der Waals surface area contributed by atoms with Crippen molar-refractivity contribution in [2.45, 2.75) is 37.5 Å². The van der Waals surface area contributed by atoms with E-state index in [1.54, 1.807) is 19.9 Å². The first kappa shape index (κ1) is 16.1. The van der Waals surface area contributed by atoms with Gasteiger partial charge in [-0.3, -0.25) is 4.98 Å². The summed E-state index contributed by atoms with van der Waals surface area (Å²) in [4.78, 5) is 4.05. The minimum absolute atomic E-state index is 0.0165. The van der Waals surface area contributed by atoms with Crippen molar-refractivity contribution in [1.82, 2.24) is 9.71 Å². The summed E-state index contributed by atoms with van der Waals surface area (Å²) in [5, 5.41) is -0.421. The second-order valence-electron chi connectivity index (χ2n) is 6.14. The predicted molar refractivity (Wildman–Crippen MR) is 88.0 cm³/mol. The average Bonchev–Trinajstić information content (AvgIpc) is 3.26. The Kier molecular flexibility index (Phi) is 4.21. The molecule has 2 aromatic rings. The number of hydrogen-bond donors (Lipinski definition) is 1. The Labute approximate surface area is 135 Å². The minimum Gasteiger partial charge on any atom is -0.253 e. The topological polar surface area (TPSA) is 59.1 Å². The van der Waals surface area contributed by atoms with Gasteiger partial charge in [0.1, 0.15) is 5.82 Å². The highest BCUT2D eigenvalue weighted by atomic mass is 32.2. The van der Waals surface area contributed by atoms with Crippen molar-refractivity contribution in [2.24, 2.45) is 0 Å². The van der Waals surface area contributed by atoms with Crippen LogP contribution >= 0.6 is 0 Å². The molecule has 1 saturated carbocycles. The Morgan fingerprint density at radius 2 is 1.87 bits per heavy atom. The number of nitrogens with zero attached hydrogens (tertiary/aromatic N) is 1. The van der Waals surface area contributed by atoms with Crippen LogP contribution in [0.5, 0.6) is 0 Å². The van der Waals surface area contributed by atoms with Crippen molar-refractivity contribution in [3.05, 3.63) is 54.0 Å². The van der Waals surface area contributed by atoms with Gasteiger partial charge in [0.2, 0.25) is 10.0 Å². The van der Waals surface area contributed by atoms with Gasteiger partial charge in [0.15, 0.2) is 0 Å². The molecule has 1 N–H and O–H groups in total. The Balaban J connectivity index is 1.69. The van der Waals surface area contributed by atoms with Crippen molar-refractivity contribution in [2.75, 3.05) is 0 Å². The fraction of sp³-hybridized carbons (Fsp3) is 0.353. The molecule has 1 aliphatic rings. The van der Waals surface area contributed by atoms with Gasteiger partial charge in [0.25, 0.3) is 0 Å². The van der Waals surface area contributed by atoms with Gasteiger partial charge < -0.3 is 0 Å². The molecule has 1 heterocycles. The summed E-state index contributed by atoms with van der Waals surface area (Å²) in [7, 11) is -3.23. The number of benzene rings is 1. The maximum absolute atomic E-state index is 12.9. The highest BCUT2D eigenvalue weighted by molar-refractivity contribution is 7.90. The van der Waals surface area contributed by atoms with Crippen LogP contribution in [-0.2, 0) is 10.0 Å². The van der Waals surface area contributed by atoms with Crippen molar-refractivity contribution < 1.29 is 12.8 Å². The van der Waals surface area contributed by atoms with E-state index in [0.717, 1.165) is 17.5 Å². The van der Waals surface area contributed by atoms with Gasteiger partial charge in [-0.1, -0.05) is 24.3 Å². The molecule has 1 unspecified atom stereocenters. The molecule has 3 rings (SSSR count). The second kappa shape index (κ2) is 6.02. The van der Waals surface area contributed by atoms with E-state index < -0.39 is 15.3 Å². The van der Waals surface area contributed by atoms with Gasteiger partial charge in [-0.25, -0.2) is 17.5 Å². The third-order valence-corrected chi connectivity index (χ3v) is 5.96. The molecule has 0 radical (unpaired) electrons. The summed E-state index contributed by atoms with van der Waals surface area (Å²) < 4.78 is 39.4. The predicted octanol–water partition coefficient (Wildman–Crippen LogP) is 3.07. The Hall–Kier alpha value is -1.79. The molecule has 1 aromatic heterocycles. The highest BCUT2D eigenvalue weighted by Crippen LogP contribution is 2.41. The maximum atomic E-state index is 12.9. The molecule has 6 heteroatoms. The first-order chi connectivity index (χ1) is 10.9. The van der Waals surface area contributed by atoms with Gasteiger partial charge in [-0.05, 0) is 38.0 Å². The summed E-state index contributed by atoms with van der Waals surface area (Å²) in [6.45, 7) is 3.34. The van der Waals surface area contributed by atoms with Gasteiger partial charge in [0, 0.05) is 17.5 Å². The molecule has 2 atom stereocenters. The normalized spacial score (nSPS) is 20.7. The number of sulfonamides is 1. The Morgan fingerprint density at radius 3 is 2.43 bits per heavy atom. The minimum atomic E-state index is -3.23. The molecule has 122 valence electrons. The van der Waals surface area contributed by atoms with Crippen molar-refractivity contribution >= 4 is 10.0 Å². The zero-order chi connectivity index (χ0) is 16.6. The molecule has 0 aliphatic heterocycles. The summed E-state index contributed by atoms with van der Waals surface area (Å²) in [5.74, 6) is -0.137. The summed E-state index contributed by atoms with van der Waals surface area (Å²) >= 11 is 0. The molecule has 1 fully saturated rings. The van der Waals surface area contributed by atoms with Crippen LogP contribution in [0, 0.1) is 5.82 Å². The van der Waals surface area contributed by atoms with Crippen LogP contribution in [0.3, 0.4) is 0 Å². The van der Waals surface area contributed by atoms with Crippen LogP contribution < -0.4 is 4.72 Å². The number of pyridine rings is 1. The molecule has 1 aliphatic carbocycles. The molecule has 0 spiro atoms. The van der Waals surface area contributed by atoms with E-state index in [4.69, 9.17) is 0 Å². The number of aromatic nitrogens is 1. The molecule has 0 saturated heterocycles. The lowest BCUT2D eigenvalue weighted by Gasteiger charge is -2.09. The summed E-state index contributed by atoms with van der Waals surface area (Å²) in [6, 6.07) is 10.8. The first-order valence-electron chi connectivity index (χ1n) is 7.60. The molecular formula is C17H19FN2O2S. The third-order valence-electron chi connectivity index (χ3n) is 4.09. The number of rotatable bonds is 5. The van der Waals surface area contributed by atoms with Gasteiger partial charge in [-0.2, -0.15) is 0 Å². The highest BCUT2D eigenvalue weighted by Gasteiger charge is 2.41. The Morgan fingerprint density at radius 1 is 1.17 bits per heavy atom. The molecule has 23 heavy (non-hydrogen) atoms. The van der Waals surface area contributed by atoms with Crippen LogP contribution in [0.25, 0.3) is 11.3 Å². The van der Waals surface area contributed by atoms with Crippen LogP contribution in [0.15, 0.2) is 42.6 Å². The van der Waals surface area contributed by atoms with E-state index in [9.17, 15) is 12.8 Å². The molecule has 1 aromatic carbocycles. The lowest BCUT2D eigenvalue weighted by atomic mass is 10.1. The SMILES string of the molecule is CC(C)S(=O)(=O)N[C@H]1CC1c1ccc(-c2ccc(F)cn2)cc1. The van der Waals surface area contributed by atoms with Gasteiger partial charge >= 0.3 is 0 Å². The first-order valence-corrected chi connectivity index (χ1v) is 9.14. The molecular weight excluding hydrogens is 315 g/mol. The monoisotopic (exact) mass is 334 g/mol. The number of hydrogen-bond acceptors (Lipinski definition) is 3. The van der Waals surface area contributed by atoms with Gasteiger partial charge in [0.05, 0.1) is 17.1 Å². The lowest BCUT2D eigenvalue weighted by molar-refractivity contribution is 0.571. The van der Waals surface area contributed by atoms with Gasteiger partial charge in [-0.15, -0.1) is 0 Å². The second-order valence-corrected chi connectivity index (χ2v) is 8.41. The van der Waals surface area contributed by atoms with E-state index in [2.05, 4.69) is 9.71 Å².